The second kappa shape index (κ2) is 6.65. The van der Waals surface area contributed by atoms with Crippen molar-refractivity contribution in [3.05, 3.63) is 72.2 Å². The molecule has 0 radical (unpaired) electrons. The number of carbonyl (C=O) groups excluding carboxylic acids is 1. The van der Waals surface area contributed by atoms with E-state index in [0.717, 1.165) is 32.4 Å². The molecule has 1 amide bonds. The monoisotopic (exact) mass is 363 g/mol. The van der Waals surface area contributed by atoms with E-state index in [1.807, 2.05) is 66.1 Å². The van der Waals surface area contributed by atoms with Crippen LogP contribution in [0.15, 0.2) is 60.9 Å². The summed E-state index contributed by atoms with van der Waals surface area (Å²) in [5.74, 6) is 0.597. The first kappa shape index (κ1) is 16.4. The van der Waals surface area contributed by atoms with Gasteiger partial charge in [-0.2, -0.15) is 0 Å². The fraction of sp³-hybridized carbons (Fsp3) is 0.100. The molecule has 0 bridgehead atoms. The fourth-order valence-electron chi connectivity index (χ4n) is 2.65. The van der Waals surface area contributed by atoms with Gasteiger partial charge in [-0.15, -0.1) is 0 Å². The van der Waals surface area contributed by atoms with Crippen LogP contribution in [-0.2, 0) is 0 Å². The number of ether oxygens (including phenoxy) is 1. The van der Waals surface area contributed by atoms with Crippen molar-refractivity contribution in [3.8, 4) is 16.2 Å². The fourth-order valence-corrected chi connectivity index (χ4v) is 3.61. The summed E-state index contributed by atoms with van der Waals surface area (Å²) in [5, 5.41) is 2.87. The zero-order valence-electron chi connectivity index (χ0n) is 14.4. The van der Waals surface area contributed by atoms with E-state index in [0.29, 0.717) is 5.69 Å². The molecule has 2 heterocycles. The molecule has 0 saturated heterocycles. The summed E-state index contributed by atoms with van der Waals surface area (Å²) in [6.07, 6.45) is 3.73. The maximum Gasteiger partial charge on any atom is 0.275 e. The van der Waals surface area contributed by atoms with Crippen LogP contribution in [0.25, 0.3) is 15.4 Å². The number of amides is 1. The minimum atomic E-state index is -0.215. The van der Waals surface area contributed by atoms with E-state index in [9.17, 15) is 4.79 Å². The molecule has 1 N–H and O–H groups in total. The average molecular weight is 363 g/mol. The van der Waals surface area contributed by atoms with Gasteiger partial charge in [-0.05, 0) is 36.8 Å². The van der Waals surface area contributed by atoms with Gasteiger partial charge in [0.2, 0.25) is 0 Å². The molecule has 26 heavy (non-hydrogen) atoms. The Morgan fingerprint density at radius 3 is 2.69 bits per heavy atom. The summed E-state index contributed by atoms with van der Waals surface area (Å²) in [4.78, 5) is 18.7. The van der Waals surface area contributed by atoms with Crippen LogP contribution in [-0.4, -0.2) is 22.4 Å². The third kappa shape index (κ3) is 3.19. The predicted octanol–water partition coefficient (Wildman–Crippen LogP) is 4.63. The van der Waals surface area contributed by atoms with E-state index in [4.69, 9.17) is 4.74 Å². The highest BCUT2D eigenvalue weighted by Crippen LogP contribution is 2.30. The van der Waals surface area contributed by atoms with E-state index in [2.05, 4.69) is 10.3 Å². The number of hydrogen-bond acceptors (Lipinski definition) is 4. The smallest absolute Gasteiger partial charge is 0.275 e. The Hall–Kier alpha value is -3.12. The molecule has 0 aliphatic rings. The van der Waals surface area contributed by atoms with Crippen LogP contribution in [0.2, 0.25) is 0 Å². The first-order valence-corrected chi connectivity index (χ1v) is 8.95. The molecule has 5 nitrogen and oxygen atoms in total. The zero-order chi connectivity index (χ0) is 18.1. The summed E-state index contributed by atoms with van der Waals surface area (Å²) in [6, 6.07) is 15.6. The topological polar surface area (TPSA) is 55.6 Å². The van der Waals surface area contributed by atoms with Crippen LogP contribution >= 0.6 is 11.3 Å². The number of methoxy groups -OCH3 is 1. The van der Waals surface area contributed by atoms with E-state index in [-0.39, 0.29) is 5.91 Å². The van der Waals surface area contributed by atoms with Crippen molar-refractivity contribution in [2.75, 3.05) is 12.4 Å². The number of imidazole rings is 1. The lowest BCUT2D eigenvalue weighted by atomic mass is 10.2. The molecular formula is C20H17N3O2S. The Balaban J connectivity index is 1.57. The summed E-state index contributed by atoms with van der Waals surface area (Å²) < 4.78 is 7.15. The minimum absolute atomic E-state index is 0.215. The van der Waals surface area contributed by atoms with Gasteiger partial charge in [0, 0.05) is 18.1 Å². The Bertz CT molecular complexity index is 1050. The summed E-state index contributed by atoms with van der Waals surface area (Å²) >= 11 is 1.53. The third-order valence-corrected chi connectivity index (χ3v) is 5.10. The molecule has 0 unspecified atom stereocenters. The third-order valence-electron chi connectivity index (χ3n) is 4.05. The lowest BCUT2D eigenvalue weighted by Crippen LogP contribution is -2.12. The predicted molar refractivity (Wildman–Crippen MR) is 104 cm³/mol. The van der Waals surface area contributed by atoms with Gasteiger partial charge in [0.25, 0.3) is 5.91 Å². The molecule has 4 aromatic rings. The number of nitrogens with zero attached hydrogens (tertiary/aromatic N) is 2. The van der Waals surface area contributed by atoms with Gasteiger partial charge in [0.15, 0.2) is 4.96 Å². The normalized spacial score (nSPS) is 10.8. The lowest BCUT2D eigenvalue weighted by molar-refractivity contribution is 0.102. The molecule has 0 aliphatic carbocycles. The number of aryl methyl sites for hydroxylation is 1. The highest BCUT2D eigenvalue weighted by Gasteiger charge is 2.14. The van der Waals surface area contributed by atoms with Gasteiger partial charge in [0.05, 0.1) is 12.0 Å². The molecule has 2 aromatic carbocycles. The Morgan fingerprint density at radius 1 is 1.15 bits per heavy atom. The van der Waals surface area contributed by atoms with Gasteiger partial charge >= 0.3 is 0 Å². The van der Waals surface area contributed by atoms with Gasteiger partial charge in [0.1, 0.15) is 11.4 Å². The first-order chi connectivity index (χ1) is 12.6. The first-order valence-electron chi connectivity index (χ1n) is 8.13. The summed E-state index contributed by atoms with van der Waals surface area (Å²) in [7, 11) is 1.65. The number of thiazole rings is 1. The van der Waals surface area contributed by atoms with Crippen LogP contribution in [0.5, 0.6) is 5.75 Å². The molecule has 0 saturated carbocycles. The highest BCUT2D eigenvalue weighted by atomic mass is 32.1. The van der Waals surface area contributed by atoms with Crippen LogP contribution in [0.4, 0.5) is 5.69 Å². The van der Waals surface area contributed by atoms with E-state index in [1.165, 1.54) is 11.3 Å². The van der Waals surface area contributed by atoms with Crippen molar-refractivity contribution in [3.63, 3.8) is 0 Å². The Kier molecular flexibility index (Phi) is 4.18. The number of hydrogen-bond donors (Lipinski definition) is 1. The molecule has 6 heteroatoms. The van der Waals surface area contributed by atoms with Crippen molar-refractivity contribution in [2.45, 2.75) is 6.92 Å². The average Bonchev–Trinajstić information content (AvgIpc) is 3.23. The van der Waals surface area contributed by atoms with E-state index < -0.39 is 0 Å². The van der Waals surface area contributed by atoms with Crippen LogP contribution in [0, 0.1) is 6.92 Å². The van der Waals surface area contributed by atoms with Crippen molar-refractivity contribution >= 4 is 27.9 Å². The highest BCUT2D eigenvalue weighted by molar-refractivity contribution is 7.20. The Labute approximate surface area is 154 Å². The minimum Gasteiger partial charge on any atom is -0.497 e. The maximum atomic E-state index is 12.4. The molecular weight excluding hydrogens is 346 g/mol. The van der Waals surface area contributed by atoms with Crippen LogP contribution in [0.3, 0.4) is 0 Å². The van der Waals surface area contributed by atoms with Crippen molar-refractivity contribution in [1.29, 1.82) is 0 Å². The standard InChI is InChI=1S/C20H17N3O2S/c1-13-6-8-15(9-7-13)21-19(24)17-11-23-12-18(26-20(23)22-17)14-4-3-5-16(10-14)25-2/h3-12H,1-2H3,(H,21,24). The number of aromatic nitrogens is 2. The van der Waals surface area contributed by atoms with Crippen molar-refractivity contribution < 1.29 is 9.53 Å². The molecule has 130 valence electrons. The van der Waals surface area contributed by atoms with Crippen LogP contribution < -0.4 is 10.1 Å². The molecule has 2 aromatic heterocycles. The van der Waals surface area contributed by atoms with Crippen molar-refractivity contribution in [1.82, 2.24) is 9.38 Å². The van der Waals surface area contributed by atoms with Gasteiger partial charge in [-0.3, -0.25) is 9.20 Å². The maximum absolute atomic E-state index is 12.4. The number of fused-ring (bicyclic) bond motifs is 1. The van der Waals surface area contributed by atoms with E-state index >= 15 is 0 Å². The second-order valence-corrected chi connectivity index (χ2v) is 6.97. The zero-order valence-corrected chi connectivity index (χ0v) is 15.2. The van der Waals surface area contributed by atoms with Crippen molar-refractivity contribution in [2.24, 2.45) is 0 Å². The molecule has 0 atom stereocenters. The number of carbonyl (C=O) groups is 1. The number of rotatable bonds is 4. The molecule has 0 fully saturated rings. The van der Waals surface area contributed by atoms with Gasteiger partial charge in [-0.1, -0.05) is 41.2 Å². The number of anilines is 1. The number of benzene rings is 2. The SMILES string of the molecule is COc1cccc(-c2cn3cc(C(=O)Nc4ccc(C)cc4)nc3s2)c1. The molecule has 4 rings (SSSR count). The van der Waals surface area contributed by atoms with Gasteiger partial charge < -0.3 is 10.1 Å². The molecule has 0 aliphatic heterocycles. The van der Waals surface area contributed by atoms with Crippen LogP contribution in [0.1, 0.15) is 16.1 Å². The Morgan fingerprint density at radius 2 is 1.96 bits per heavy atom. The summed E-state index contributed by atoms with van der Waals surface area (Å²) in [6.45, 7) is 2.01. The quantitative estimate of drug-likeness (QED) is 0.575. The number of nitrogens with one attached hydrogen (secondary N) is 1. The molecule has 0 spiro atoms. The lowest BCUT2D eigenvalue weighted by Gasteiger charge is -2.03. The summed E-state index contributed by atoms with van der Waals surface area (Å²) in [5.41, 5.74) is 3.36. The van der Waals surface area contributed by atoms with E-state index in [1.54, 1.807) is 13.3 Å². The second-order valence-electron chi connectivity index (χ2n) is 5.96. The van der Waals surface area contributed by atoms with Gasteiger partial charge in [-0.25, -0.2) is 4.98 Å². The largest absolute Gasteiger partial charge is 0.497 e.